The first-order valence-electron chi connectivity index (χ1n) is 7.56. The molecule has 0 saturated heterocycles. The number of benzene rings is 2. The van der Waals surface area contributed by atoms with Crippen LogP contribution in [0.3, 0.4) is 0 Å². The Bertz CT molecular complexity index is 784. The van der Waals surface area contributed by atoms with Gasteiger partial charge in [0.1, 0.15) is 5.75 Å². The van der Waals surface area contributed by atoms with Crippen molar-refractivity contribution in [2.75, 3.05) is 12.4 Å². The van der Waals surface area contributed by atoms with E-state index in [1.165, 1.54) is 0 Å². The topological polar surface area (TPSA) is 62.1 Å². The second kappa shape index (κ2) is 5.77. The Labute approximate surface area is 135 Å². The molecule has 1 N–H and O–H groups in total. The lowest BCUT2D eigenvalue weighted by Crippen LogP contribution is -2.12. The standard InChI is InChI=1S/C19H18N2O2/c1-13-11-14(3-8-17(13)23-2)18(22)21-16-6-4-15(5-7-16)19(12-20)9-10-19/h3-8,11H,9-10H2,1-2H3,(H,21,22). The van der Waals surface area contributed by atoms with E-state index >= 15 is 0 Å². The van der Waals surface area contributed by atoms with E-state index in [-0.39, 0.29) is 11.3 Å². The maximum atomic E-state index is 12.3. The Kier molecular flexibility index (Phi) is 3.79. The van der Waals surface area contributed by atoms with Crippen molar-refractivity contribution in [2.24, 2.45) is 0 Å². The molecule has 0 bridgehead atoms. The number of carbonyl (C=O) groups is 1. The predicted octanol–water partition coefficient (Wildman–Crippen LogP) is 3.81. The van der Waals surface area contributed by atoms with Crippen LogP contribution in [0.5, 0.6) is 5.75 Å². The molecule has 1 aliphatic carbocycles. The fourth-order valence-corrected chi connectivity index (χ4v) is 2.69. The van der Waals surface area contributed by atoms with Crippen LogP contribution in [-0.4, -0.2) is 13.0 Å². The van der Waals surface area contributed by atoms with Gasteiger partial charge in [0.25, 0.3) is 5.91 Å². The summed E-state index contributed by atoms with van der Waals surface area (Å²) in [6.07, 6.45) is 1.83. The Morgan fingerprint density at radius 1 is 1.22 bits per heavy atom. The summed E-state index contributed by atoms with van der Waals surface area (Å²) in [5.41, 5.74) is 2.96. The van der Waals surface area contributed by atoms with Crippen molar-refractivity contribution in [2.45, 2.75) is 25.2 Å². The molecule has 3 rings (SSSR count). The molecular formula is C19H18N2O2. The van der Waals surface area contributed by atoms with Gasteiger partial charge in [-0.2, -0.15) is 5.26 Å². The van der Waals surface area contributed by atoms with Gasteiger partial charge in [0.15, 0.2) is 0 Å². The van der Waals surface area contributed by atoms with Gasteiger partial charge in [-0.25, -0.2) is 0 Å². The van der Waals surface area contributed by atoms with E-state index in [9.17, 15) is 10.1 Å². The number of nitriles is 1. The maximum absolute atomic E-state index is 12.3. The molecule has 1 aliphatic rings. The Hall–Kier alpha value is -2.80. The highest BCUT2D eigenvalue weighted by Gasteiger charge is 2.44. The van der Waals surface area contributed by atoms with Gasteiger partial charge in [0.2, 0.25) is 0 Å². The van der Waals surface area contributed by atoms with Gasteiger partial charge in [-0.15, -0.1) is 0 Å². The lowest BCUT2D eigenvalue weighted by Gasteiger charge is -2.10. The average molecular weight is 306 g/mol. The zero-order chi connectivity index (χ0) is 16.4. The van der Waals surface area contributed by atoms with Crippen molar-refractivity contribution in [3.05, 3.63) is 59.2 Å². The van der Waals surface area contributed by atoms with E-state index in [4.69, 9.17) is 4.74 Å². The number of ether oxygens (including phenoxy) is 1. The lowest BCUT2D eigenvalue weighted by atomic mass is 9.97. The number of aryl methyl sites for hydroxylation is 1. The number of nitrogens with one attached hydrogen (secondary N) is 1. The normalized spacial score (nSPS) is 14.7. The van der Waals surface area contributed by atoms with E-state index in [2.05, 4.69) is 11.4 Å². The number of methoxy groups -OCH3 is 1. The first-order chi connectivity index (χ1) is 11.1. The number of nitrogens with zero attached hydrogens (tertiary/aromatic N) is 1. The molecule has 0 aliphatic heterocycles. The molecule has 23 heavy (non-hydrogen) atoms. The molecule has 0 aromatic heterocycles. The highest BCUT2D eigenvalue weighted by atomic mass is 16.5. The van der Waals surface area contributed by atoms with Gasteiger partial charge in [-0.1, -0.05) is 12.1 Å². The zero-order valence-corrected chi connectivity index (χ0v) is 13.2. The van der Waals surface area contributed by atoms with Gasteiger partial charge in [0, 0.05) is 11.3 Å². The summed E-state index contributed by atoms with van der Waals surface area (Å²) in [6.45, 7) is 1.90. The van der Waals surface area contributed by atoms with Gasteiger partial charge >= 0.3 is 0 Å². The first kappa shape index (κ1) is 15.1. The van der Waals surface area contributed by atoms with Gasteiger partial charge < -0.3 is 10.1 Å². The Morgan fingerprint density at radius 2 is 1.91 bits per heavy atom. The summed E-state index contributed by atoms with van der Waals surface area (Å²) in [5.74, 6) is 0.599. The minimum absolute atomic E-state index is 0.162. The van der Waals surface area contributed by atoms with E-state index in [0.717, 1.165) is 35.4 Å². The second-order valence-electron chi connectivity index (χ2n) is 5.91. The highest BCUT2D eigenvalue weighted by molar-refractivity contribution is 6.04. The second-order valence-corrected chi connectivity index (χ2v) is 5.91. The number of hydrogen-bond acceptors (Lipinski definition) is 3. The molecule has 0 unspecified atom stereocenters. The lowest BCUT2D eigenvalue weighted by molar-refractivity contribution is 0.102. The molecule has 2 aromatic carbocycles. The van der Waals surface area contributed by atoms with Crippen LogP contribution in [0.2, 0.25) is 0 Å². The molecule has 1 amide bonds. The fraction of sp³-hybridized carbons (Fsp3) is 0.263. The quantitative estimate of drug-likeness (QED) is 0.934. The molecule has 4 heteroatoms. The van der Waals surface area contributed by atoms with Crippen LogP contribution in [0, 0.1) is 18.3 Å². The molecule has 1 saturated carbocycles. The summed E-state index contributed by atoms with van der Waals surface area (Å²) < 4.78 is 5.20. The van der Waals surface area contributed by atoms with Gasteiger partial charge in [-0.3, -0.25) is 4.79 Å². The summed E-state index contributed by atoms with van der Waals surface area (Å²) in [5, 5.41) is 12.1. The first-order valence-corrected chi connectivity index (χ1v) is 7.56. The molecule has 2 aromatic rings. The van der Waals surface area contributed by atoms with Gasteiger partial charge in [0.05, 0.1) is 18.6 Å². The number of anilines is 1. The summed E-state index contributed by atoms with van der Waals surface area (Å²) in [6, 6.07) is 15.2. The fourth-order valence-electron chi connectivity index (χ4n) is 2.69. The van der Waals surface area contributed by atoms with Crippen molar-refractivity contribution < 1.29 is 9.53 Å². The van der Waals surface area contributed by atoms with Crippen molar-refractivity contribution in [1.82, 2.24) is 0 Å². The Morgan fingerprint density at radius 3 is 2.43 bits per heavy atom. The number of carbonyl (C=O) groups excluding carboxylic acids is 1. The van der Waals surface area contributed by atoms with E-state index in [0.29, 0.717) is 5.56 Å². The van der Waals surface area contributed by atoms with E-state index in [1.807, 2.05) is 31.2 Å². The average Bonchev–Trinajstić information content (AvgIpc) is 3.36. The zero-order valence-electron chi connectivity index (χ0n) is 13.2. The predicted molar refractivity (Wildman–Crippen MR) is 88.7 cm³/mol. The van der Waals surface area contributed by atoms with Crippen LogP contribution in [0.4, 0.5) is 5.69 Å². The largest absolute Gasteiger partial charge is 0.496 e. The summed E-state index contributed by atoms with van der Waals surface area (Å²) in [4.78, 5) is 12.3. The third-order valence-corrected chi connectivity index (χ3v) is 4.32. The minimum Gasteiger partial charge on any atom is -0.496 e. The van der Waals surface area contributed by atoms with Crippen LogP contribution >= 0.6 is 0 Å². The van der Waals surface area contributed by atoms with Crippen LogP contribution in [-0.2, 0) is 5.41 Å². The van der Waals surface area contributed by atoms with E-state index in [1.54, 1.807) is 25.3 Å². The smallest absolute Gasteiger partial charge is 0.255 e. The molecule has 116 valence electrons. The molecule has 0 heterocycles. The van der Waals surface area contributed by atoms with Crippen LogP contribution in [0.25, 0.3) is 0 Å². The molecule has 0 spiro atoms. The molecule has 0 radical (unpaired) electrons. The molecule has 4 nitrogen and oxygen atoms in total. The van der Waals surface area contributed by atoms with E-state index < -0.39 is 0 Å². The van der Waals surface area contributed by atoms with Crippen molar-refractivity contribution in [1.29, 1.82) is 5.26 Å². The monoisotopic (exact) mass is 306 g/mol. The Balaban J connectivity index is 1.73. The molecule has 0 atom stereocenters. The third-order valence-electron chi connectivity index (χ3n) is 4.32. The van der Waals surface area contributed by atoms with Crippen molar-refractivity contribution in [3.8, 4) is 11.8 Å². The van der Waals surface area contributed by atoms with Gasteiger partial charge in [-0.05, 0) is 61.2 Å². The van der Waals surface area contributed by atoms with Crippen LogP contribution < -0.4 is 10.1 Å². The maximum Gasteiger partial charge on any atom is 0.255 e. The van der Waals surface area contributed by atoms with Crippen LogP contribution in [0.15, 0.2) is 42.5 Å². The number of hydrogen-bond donors (Lipinski definition) is 1. The van der Waals surface area contributed by atoms with Crippen molar-refractivity contribution in [3.63, 3.8) is 0 Å². The minimum atomic E-state index is -0.296. The highest BCUT2D eigenvalue weighted by Crippen LogP contribution is 2.47. The summed E-state index contributed by atoms with van der Waals surface area (Å²) in [7, 11) is 1.61. The molecular weight excluding hydrogens is 288 g/mol. The number of amides is 1. The third kappa shape index (κ3) is 2.91. The molecule has 1 fully saturated rings. The summed E-state index contributed by atoms with van der Waals surface area (Å²) >= 11 is 0. The van der Waals surface area contributed by atoms with Crippen molar-refractivity contribution >= 4 is 11.6 Å². The van der Waals surface area contributed by atoms with Crippen LogP contribution in [0.1, 0.15) is 34.3 Å². The number of rotatable bonds is 4. The SMILES string of the molecule is COc1ccc(C(=O)Nc2ccc(C3(C#N)CC3)cc2)cc1C.